The van der Waals surface area contributed by atoms with E-state index in [2.05, 4.69) is 0 Å². The van der Waals surface area contributed by atoms with Crippen LogP contribution in [0.5, 0.6) is 0 Å². The molecule has 1 N–H and O–H groups in total. The highest BCUT2D eigenvalue weighted by atomic mass is 19.1. The molecule has 1 aromatic rings. The van der Waals surface area contributed by atoms with Gasteiger partial charge in [-0.15, -0.1) is 0 Å². The molecule has 98 valence electrons. The van der Waals surface area contributed by atoms with Crippen molar-refractivity contribution in [2.45, 2.75) is 26.4 Å². The number of halogens is 1. The first kappa shape index (κ1) is 13.0. The number of nitrogens with zero attached hydrogens (tertiary/aromatic N) is 1. The van der Waals surface area contributed by atoms with Crippen molar-refractivity contribution >= 4 is 11.5 Å². The Hall–Kier alpha value is -1.42. The fourth-order valence-electron chi connectivity index (χ4n) is 2.33. The minimum absolute atomic E-state index is 0.155. The molecule has 1 aliphatic rings. The van der Waals surface area contributed by atoms with Crippen molar-refractivity contribution in [2.75, 3.05) is 18.0 Å². The number of hydrogen-bond donors (Lipinski definition) is 1. The van der Waals surface area contributed by atoms with Crippen LogP contribution in [0.15, 0.2) is 18.2 Å². The molecule has 0 aliphatic carbocycles. The zero-order valence-corrected chi connectivity index (χ0v) is 10.7. The van der Waals surface area contributed by atoms with Crippen molar-refractivity contribution in [2.24, 2.45) is 5.92 Å². The van der Waals surface area contributed by atoms with E-state index in [0.717, 1.165) is 18.7 Å². The van der Waals surface area contributed by atoms with Crippen LogP contribution in [-0.4, -0.2) is 30.1 Å². The van der Waals surface area contributed by atoms with E-state index in [1.165, 1.54) is 19.1 Å². The van der Waals surface area contributed by atoms with E-state index >= 15 is 0 Å². The van der Waals surface area contributed by atoms with Crippen LogP contribution in [0.3, 0.4) is 0 Å². The quantitative estimate of drug-likeness (QED) is 0.819. The van der Waals surface area contributed by atoms with Gasteiger partial charge in [-0.3, -0.25) is 4.79 Å². The zero-order chi connectivity index (χ0) is 13.3. The van der Waals surface area contributed by atoms with Crippen molar-refractivity contribution in [1.29, 1.82) is 0 Å². The van der Waals surface area contributed by atoms with Gasteiger partial charge in [-0.2, -0.15) is 0 Å². The molecule has 2 unspecified atom stereocenters. The van der Waals surface area contributed by atoms with Crippen LogP contribution in [0.4, 0.5) is 10.1 Å². The van der Waals surface area contributed by atoms with E-state index in [1.807, 2.05) is 11.8 Å². The first-order valence-corrected chi connectivity index (χ1v) is 6.22. The Morgan fingerprint density at radius 2 is 2.22 bits per heavy atom. The van der Waals surface area contributed by atoms with Crippen molar-refractivity contribution < 1.29 is 14.3 Å². The minimum atomic E-state index is -0.408. The lowest BCUT2D eigenvalue weighted by molar-refractivity contribution is 0.0996. The summed E-state index contributed by atoms with van der Waals surface area (Å²) in [6, 6.07) is 4.24. The summed E-state index contributed by atoms with van der Waals surface area (Å²) in [5.74, 6) is -0.296. The summed E-state index contributed by atoms with van der Waals surface area (Å²) in [5.41, 5.74) is 1.10. The van der Waals surface area contributed by atoms with Crippen LogP contribution in [0.2, 0.25) is 0 Å². The summed E-state index contributed by atoms with van der Waals surface area (Å²) in [4.78, 5) is 13.5. The normalized spacial score (nSPS) is 24.1. The van der Waals surface area contributed by atoms with Gasteiger partial charge in [0.25, 0.3) is 0 Å². The molecule has 0 saturated carbocycles. The van der Waals surface area contributed by atoms with Crippen LogP contribution < -0.4 is 4.90 Å². The van der Waals surface area contributed by atoms with Crippen molar-refractivity contribution in [3.63, 3.8) is 0 Å². The summed E-state index contributed by atoms with van der Waals surface area (Å²) in [6.07, 6.45) is 0.471. The molecule has 4 heteroatoms. The molecule has 2 rings (SSSR count). The molecule has 0 bridgehead atoms. The predicted molar refractivity (Wildman–Crippen MR) is 68.4 cm³/mol. The Kier molecular flexibility index (Phi) is 3.66. The number of hydrogen-bond acceptors (Lipinski definition) is 3. The number of carbonyl (C=O) groups excluding carboxylic acids is 1. The number of β-amino-alcohol motifs (C(OH)–C–C–N with tert-alkyl or cyclic N) is 1. The SMILES string of the molecule is CC(=O)c1cc(F)ccc1N1CCC(C)C(O)C1. The number of piperidine rings is 1. The highest BCUT2D eigenvalue weighted by molar-refractivity contribution is 5.99. The van der Waals surface area contributed by atoms with Crippen molar-refractivity contribution in [3.05, 3.63) is 29.6 Å². The maximum Gasteiger partial charge on any atom is 0.161 e. The lowest BCUT2D eigenvalue weighted by Gasteiger charge is -2.36. The van der Waals surface area contributed by atoms with Gasteiger partial charge in [0.1, 0.15) is 5.82 Å². The molecule has 1 saturated heterocycles. The molecular weight excluding hydrogens is 233 g/mol. The van der Waals surface area contributed by atoms with Gasteiger partial charge in [0.15, 0.2) is 5.78 Å². The van der Waals surface area contributed by atoms with E-state index in [9.17, 15) is 14.3 Å². The molecule has 1 aromatic carbocycles. The first-order chi connectivity index (χ1) is 8.49. The second-order valence-corrected chi connectivity index (χ2v) is 5.00. The number of rotatable bonds is 2. The average Bonchev–Trinajstić information content (AvgIpc) is 2.32. The van der Waals surface area contributed by atoms with Gasteiger partial charge < -0.3 is 10.0 Å². The monoisotopic (exact) mass is 251 g/mol. The molecule has 0 radical (unpaired) electrons. The number of aliphatic hydroxyl groups excluding tert-OH is 1. The van der Waals surface area contributed by atoms with Gasteiger partial charge in [0.05, 0.1) is 6.10 Å². The van der Waals surface area contributed by atoms with Crippen LogP contribution in [0, 0.1) is 11.7 Å². The van der Waals surface area contributed by atoms with E-state index in [4.69, 9.17) is 0 Å². The molecular formula is C14H18FNO2. The topological polar surface area (TPSA) is 40.5 Å². The Morgan fingerprint density at radius 1 is 1.50 bits per heavy atom. The van der Waals surface area contributed by atoms with Gasteiger partial charge >= 0.3 is 0 Å². The number of anilines is 1. The van der Waals surface area contributed by atoms with Crippen LogP contribution in [0.25, 0.3) is 0 Å². The van der Waals surface area contributed by atoms with Gasteiger partial charge in [-0.05, 0) is 37.5 Å². The number of carbonyl (C=O) groups is 1. The predicted octanol–water partition coefficient (Wildman–Crippen LogP) is 2.24. The van der Waals surface area contributed by atoms with E-state index in [1.54, 1.807) is 6.07 Å². The highest BCUT2D eigenvalue weighted by Crippen LogP contribution is 2.27. The second kappa shape index (κ2) is 5.06. The summed E-state index contributed by atoms with van der Waals surface area (Å²) in [7, 11) is 0. The number of ketones is 1. The Balaban J connectivity index is 2.30. The van der Waals surface area contributed by atoms with Crippen LogP contribution in [0.1, 0.15) is 30.6 Å². The average molecular weight is 251 g/mol. The standard InChI is InChI=1S/C14H18FNO2/c1-9-5-6-16(8-14(9)18)13-4-3-11(15)7-12(13)10(2)17/h3-4,7,9,14,18H,5-6,8H2,1-2H3. The number of Topliss-reactive ketones (excluding diaryl/α,β-unsaturated/α-hetero) is 1. The fraction of sp³-hybridized carbons (Fsp3) is 0.500. The maximum atomic E-state index is 13.2. The zero-order valence-electron chi connectivity index (χ0n) is 10.7. The molecule has 3 nitrogen and oxygen atoms in total. The third-order valence-electron chi connectivity index (χ3n) is 3.60. The first-order valence-electron chi connectivity index (χ1n) is 6.22. The Morgan fingerprint density at radius 3 is 2.83 bits per heavy atom. The molecule has 0 aromatic heterocycles. The summed E-state index contributed by atoms with van der Waals surface area (Å²) in [6.45, 7) is 4.72. The number of aliphatic hydroxyl groups is 1. The van der Waals surface area contributed by atoms with E-state index < -0.39 is 11.9 Å². The fourth-order valence-corrected chi connectivity index (χ4v) is 2.33. The molecule has 1 aliphatic heterocycles. The van der Waals surface area contributed by atoms with Gasteiger partial charge in [0.2, 0.25) is 0 Å². The maximum absolute atomic E-state index is 13.2. The highest BCUT2D eigenvalue weighted by Gasteiger charge is 2.26. The Bertz CT molecular complexity index is 461. The van der Waals surface area contributed by atoms with Crippen molar-refractivity contribution in [3.8, 4) is 0 Å². The van der Waals surface area contributed by atoms with Crippen LogP contribution >= 0.6 is 0 Å². The van der Waals surface area contributed by atoms with Crippen molar-refractivity contribution in [1.82, 2.24) is 0 Å². The molecule has 0 amide bonds. The summed E-state index contributed by atoms with van der Waals surface area (Å²) >= 11 is 0. The van der Waals surface area contributed by atoms with E-state index in [0.29, 0.717) is 12.1 Å². The summed E-state index contributed by atoms with van der Waals surface area (Å²) in [5, 5.41) is 9.89. The third kappa shape index (κ3) is 2.53. The van der Waals surface area contributed by atoms with Gasteiger partial charge in [-0.25, -0.2) is 4.39 Å². The summed E-state index contributed by atoms with van der Waals surface area (Å²) < 4.78 is 13.2. The molecule has 2 atom stereocenters. The minimum Gasteiger partial charge on any atom is -0.391 e. The second-order valence-electron chi connectivity index (χ2n) is 5.00. The molecule has 18 heavy (non-hydrogen) atoms. The lowest BCUT2D eigenvalue weighted by atomic mass is 9.95. The van der Waals surface area contributed by atoms with Crippen LogP contribution in [-0.2, 0) is 0 Å². The molecule has 0 spiro atoms. The lowest BCUT2D eigenvalue weighted by Crippen LogP contribution is -2.43. The van der Waals surface area contributed by atoms with Gasteiger partial charge in [0, 0.05) is 24.3 Å². The smallest absolute Gasteiger partial charge is 0.161 e. The van der Waals surface area contributed by atoms with Gasteiger partial charge in [-0.1, -0.05) is 6.92 Å². The molecule has 1 heterocycles. The Labute approximate surface area is 106 Å². The van der Waals surface area contributed by atoms with E-state index in [-0.39, 0.29) is 11.7 Å². The number of benzene rings is 1. The molecule has 1 fully saturated rings. The largest absolute Gasteiger partial charge is 0.391 e. The third-order valence-corrected chi connectivity index (χ3v) is 3.60.